The number of halogens is 2. The lowest BCUT2D eigenvalue weighted by molar-refractivity contribution is -0.134. The van der Waals surface area contributed by atoms with Gasteiger partial charge in [-0.05, 0) is 36.5 Å². The molecular formula is C15H17Cl2NO3. The maximum absolute atomic E-state index is 12.5. The quantitative estimate of drug-likeness (QED) is 0.892. The van der Waals surface area contributed by atoms with Crippen LogP contribution >= 0.6 is 23.2 Å². The van der Waals surface area contributed by atoms with Gasteiger partial charge in [0.2, 0.25) is 5.91 Å². The standard InChI is InChI=1S/C15H17Cl2NO3/c16-8-1-2-11(14(17)3-8)12-5-13(12)15(21)18-6-10(20)4-9(18)7-19/h1-3,9-10,12-13,19-20H,4-7H2. The number of rotatable bonds is 3. The normalized spacial score (nSPS) is 31.5. The van der Waals surface area contributed by atoms with Crippen LogP contribution in [0.1, 0.15) is 24.3 Å². The zero-order valence-corrected chi connectivity index (χ0v) is 12.9. The third-order valence-corrected chi connectivity index (χ3v) is 4.92. The molecule has 0 spiro atoms. The van der Waals surface area contributed by atoms with Gasteiger partial charge in [-0.2, -0.15) is 0 Å². The monoisotopic (exact) mass is 329 g/mol. The molecule has 0 radical (unpaired) electrons. The molecule has 1 amide bonds. The van der Waals surface area contributed by atoms with Crippen molar-refractivity contribution in [2.24, 2.45) is 5.92 Å². The highest BCUT2D eigenvalue weighted by molar-refractivity contribution is 6.35. The van der Waals surface area contributed by atoms with Gasteiger partial charge in [0.1, 0.15) is 0 Å². The van der Waals surface area contributed by atoms with E-state index in [9.17, 15) is 15.0 Å². The zero-order valence-electron chi connectivity index (χ0n) is 11.4. The Morgan fingerprint density at radius 3 is 2.76 bits per heavy atom. The number of β-amino-alcohol motifs (C(OH)–C–C–N with tert-alkyl or cyclic N) is 1. The highest BCUT2D eigenvalue weighted by Crippen LogP contribution is 2.51. The number of hydrogen-bond donors (Lipinski definition) is 2. The van der Waals surface area contributed by atoms with Gasteiger partial charge >= 0.3 is 0 Å². The number of likely N-dealkylation sites (tertiary alicyclic amines) is 1. The summed E-state index contributed by atoms with van der Waals surface area (Å²) in [4.78, 5) is 14.1. The molecule has 1 heterocycles. The topological polar surface area (TPSA) is 60.8 Å². The largest absolute Gasteiger partial charge is 0.394 e. The van der Waals surface area contributed by atoms with Crippen molar-refractivity contribution in [1.82, 2.24) is 4.90 Å². The van der Waals surface area contributed by atoms with Gasteiger partial charge in [0.15, 0.2) is 0 Å². The summed E-state index contributed by atoms with van der Waals surface area (Å²) in [5.41, 5.74) is 0.944. The van der Waals surface area contributed by atoms with E-state index in [-0.39, 0.29) is 30.4 Å². The predicted molar refractivity (Wildman–Crippen MR) is 80.5 cm³/mol. The minimum Gasteiger partial charge on any atom is -0.394 e. The molecule has 1 aromatic rings. The number of carbonyl (C=O) groups excluding carboxylic acids is 1. The van der Waals surface area contributed by atoms with Gasteiger partial charge in [0.25, 0.3) is 0 Å². The molecular weight excluding hydrogens is 313 g/mol. The second kappa shape index (κ2) is 5.76. The van der Waals surface area contributed by atoms with Crippen molar-refractivity contribution in [3.63, 3.8) is 0 Å². The summed E-state index contributed by atoms with van der Waals surface area (Å²) in [5, 5.41) is 20.2. The first-order valence-corrected chi connectivity index (χ1v) is 7.81. The van der Waals surface area contributed by atoms with Crippen LogP contribution in [0.2, 0.25) is 10.0 Å². The van der Waals surface area contributed by atoms with Crippen LogP contribution in [0.4, 0.5) is 0 Å². The van der Waals surface area contributed by atoms with Crippen LogP contribution in [0, 0.1) is 5.92 Å². The molecule has 21 heavy (non-hydrogen) atoms. The SMILES string of the molecule is O=C(C1CC1c1ccc(Cl)cc1Cl)N1CC(O)CC1CO. The van der Waals surface area contributed by atoms with Gasteiger partial charge in [0.05, 0.1) is 18.8 Å². The van der Waals surface area contributed by atoms with Crippen molar-refractivity contribution >= 4 is 29.1 Å². The van der Waals surface area contributed by atoms with Gasteiger partial charge in [-0.3, -0.25) is 4.79 Å². The van der Waals surface area contributed by atoms with E-state index < -0.39 is 6.10 Å². The van der Waals surface area contributed by atoms with E-state index in [0.717, 1.165) is 12.0 Å². The molecule has 1 aromatic carbocycles. The number of hydrogen-bond acceptors (Lipinski definition) is 3. The van der Waals surface area contributed by atoms with E-state index in [4.69, 9.17) is 23.2 Å². The van der Waals surface area contributed by atoms with Crippen molar-refractivity contribution in [2.45, 2.75) is 30.9 Å². The van der Waals surface area contributed by atoms with Crippen molar-refractivity contribution in [3.8, 4) is 0 Å². The van der Waals surface area contributed by atoms with Gasteiger partial charge in [-0.1, -0.05) is 29.3 Å². The highest BCUT2D eigenvalue weighted by atomic mass is 35.5. The number of nitrogens with zero attached hydrogens (tertiary/aromatic N) is 1. The van der Waals surface area contributed by atoms with Crippen LogP contribution in [-0.2, 0) is 4.79 Å². The smallest absolute Gasteiger partial charge is 0.226 e. The number of carbonyl (C=O) groups is 1. The Morgan fingerprint density at radius 2 is 2.10 bits per heavy atom. The van der Waals surface area contributed by atoms with E-state index in [2.05, 4.69) is 0 Å². The predicted octanol–water partition coefficient (Wildman–Crippen LogP) is 2.05. The number of amides is 1. The second-order valence-corrected chi connectivity index (χ2v) is 6.67. The molecule has 2 N–H and O–H groups in total. The van der Waals surface area contributed by atoms with Crippen molar-refractivity contribution < 1.29 is 15.0 Å². The third kappa shape index (κ3) is 2.90. The summed E-state index contributed by atoms with van der Waals surface area (Å²) in [6.45, 7) is 0.198. The maximum Gasteiger partial charge on any atom is 0.226 e. The molecule has 114 valence electrons. The highest BCUT2D eigenvalue weighted by Gasteiger charge is 2.49. The molecule has 1 aliphatic heterocycles. The minimum atomic E-state index is -0.539. The Kier molecular flexibility index (Phi) is 4.14. The molecule has 4 nitrogen and oxygen atoms in total. The lowest BCUT2D eigenvalue weighted by atomic mass is 10.1. The van der Waals surface area contributed by atoms with Gasteiger partial charge < -0.3 is 15.1 Å². The summed E-state index contributed by atoms with van der Waals surface area (Å²) in [6, 6.07) is 5.06. The summed E-state index contributed by atoms with van der Waals surface area (Å²) >= 11 is 12.1. The molecule has 0 aromatic heterocycles. The molecule has 4 unspecified atom stereocenters. The fraction of sp³-hybridized carbons (Fsp3) is 0.533. The minimum absolute atomic E-state index is 0.00150. The summed E-state index contributed by atoms with van der Waals surface area (Å²) < 4.78 is 0. The fourth-order valence-corrected chi connectivity index (χ4v) is 3.71. The first-order valence-electron chi connectivity index (χ1n) is 7.05. The van der Waals surface area contributed by atoms with Crippen LogP contribution in [0.15, 0.2) is 18.2 Å². The Hall–Kier alpha value is -0.810. The lowest BCUT2D eigenvalue weighted by Gasteiger charge is -2.23. The number of benzene rings is 1. The molecule has 1 saturated carbocycles. The van der Waals surface area contributed by atoms with Crippen LogP contribution < -0.4 is 0 Å². The summed E-state index contributed by atoms with van der Waals surface area (Å²) in [7, 11) is 0. The molecule has 6 heteroatoms. The van der Waals surface area contributed by atoms with E-state index in [1.807, 2.05) is 6.07 Å². The van der Waals surface area contributed by atoms with Gasteiger partial charge in [-0.25, -0.2) is 0 Å². The van der Waals surface area contributed by atoms with Crippen molar-refractivity contribution in [2.75, 3.05) is 13.2 Å². The fourth-order valence-electron chi connectivity index (χ4n) is 3.16. The van der Waals surface area contributed by atoms with Gasteiger partial charge in [0, 0.05) is 22.5 Å². The Morgan fingerprint density at radius 1 is 1.33 bits per heavy atom. The Bertz CT molecular complexity index is 566. The Labute approximate surface area is 133 Å². The summed E-state index contributed by atoms with van der Waals surface area (Å²) in [6.07, 6.45) is 0.661. The van der Waals surface area contributed by atoms with E-state index in [1.165, 1.54) is 0 Å². The number of aliphatic hydroxyl groups is 2. The van der Waals surface area contributed by atoms with Crippen LogP contribution in [0.25, 0.3) is 0 Å². The molecule has 4 atom stereocenters. The second-order valence-electron chi connectivity index (χ2n) is 5.83. The molecule has 2 aliphatic rings. The third-order valence-electron chi connectivity index (χ3n) is 4.36. The first kappa shape index (κ1) is 15.1. The van der Waals surface area contributed by atoms with Gasteiger partial charge in [-0.15, -0.1) is 0 Å². The van der Waals surface area contributed by atoms with E-state index in [1.54, 1.807) is 17.0 Å². The summed E-state index contributed by atoms with van der Waals surface area (Å²) in [5.74, 6) is 0.00370. The first-order chi connectivity index (χ1) is 10.0. The van der Waals surface area contributed by atoms with Crippen LogP contribution in [-0.4, -0.2) is 46.3 Å². The molecule has 3 rings (SSSR count). The zero-order chi connectivity index (χ0) is 15.1. The molecule has 2 fully saturated rings. The van der Waals surface area contributed by atoms with Crippen molar-refractivity contribution in [3.05, 3.63) is 33.8 Å². The van der Waals surface area contributed by atoms with Crippen LogP contribution in [0.3, 0.4) is 0 Å². The molecule has 1 saturated heterocycles. The van der Waals surface area contributed by atoms with E-state index in [0.29, 0.717) is 23.0 Å². The Balaban J connectivity index is 1.71. The molecule has 0 bridgehead atoms. The average molecular weight is 330 g/mol. The number of aliphatic hydroxyl groups excluding tert-OH is 2. The van der Waals surface area contributed by atoms with Crippen LogP contribution in [0.5, 0.6) is 0 Å². The average Bonchev–Trinajstić information content (AvgIpc) is 3.13. The van der Waals surface area contributed by atoms with E-state index >= 15 is 0 Å². The molecule has 1 aliphatic carbocycles. The van der Waals surface area contributed by atoms with Crippen molar-refractivity contribution in [1.29, 1.82) is 0 Å². The maximum atomic E-state index is 12.5. The lowest BCUT2D eigenvalue weighted by Crippen LogP contribution is -2.39.